The molecule has 1 aliphatic heterocycles. The van der Waals surface area contributed by atoms with Gasteiger partial charge in [0.05, 0.1) is 12.3 Å². The normalized spacial score (nSPS) is 27.8. The summed E-state index contributed by atoms with van der Waals surface area (Å²) in [6.07, 6.45) is 3.51. The molecule has 0 spiro atoms. The number of aromatic nitrogens is 1. The lowest BCUT2D eigenvalue weighted by Gasteiger charge is -2.39. The molecule has 2 aliphatic rings. The predicted octanol–water partition coefficient (Wildman–Crippen LogP) is 2.86. The molecule has 0 bridgehead atoms. The molecule has 1 aromatic heterocycles. The van der Waals surface area contributed by atoms with Gasteiger partial charge in [-0.1, -0.05) is 25.1 Å². The van der Waals surface area contributed by atoms with Crippen molar-refractivity contribution in [3.8, 4) is 5.75 Å². The Morgan fingerprint density at radius 1 is 1.35 bits per heavy atom. The SMILES string of the molecule is CC1COc2ccccc2C1(N)c1nc2c(s1)CCC2. The molecule has 1 aromatic carbocycles. The van der Waals surface area contributed by atoms with Gasteiger partial charge in [0.1, 0.15) is 16.3 Å². The standard InChI is InChI=1S/C16H18N2OS/c1-10-9-19-13-7-3-2-5-11(13)16(10,17)15-18-12-6-4-8-14(12)20-15/h2-3,5,7,10H,4,6,8-9,17H2,1H3. The maximum absolute atomic E-state index is 6.86. The Bertz CT molecular complexity index is 645. The zero-order valence-electron chi connectivity index (χ0n) is 11.6. The second-order valence-corrected chi connectivity index (χ2v) is 6.90. The highest BCUT2D eigenvalue weighted by Crippen LogP contribution is 2.45. The number of nitrogens with zero attached hydrogens (tertiary/aromatic N) is 1. The predicted molar refractivity (Wildman–Crippen MR) is 80.2 cm³/mol. The summed E-state index contributed by atoms with van der Waals surface area (Å²) < 4.78 is 5.83. The summed E-state index contributed by atoms with van der Waals surface area (Å²) in [6.45, 7) is 2.81. The van der Waals surface area contributed by atoms with Crippen LogP contribution in [0, 0.1) is 5.92 Å². The van der Waals surface area contributed by atoms with Crippen molar-refractivity contribution in [3.63, 3.8) is 0 Å². The van der Waals surface area contributed by atoms with Crippen molar-refractivity contribution in [2.75, 3.05) is 6.61 Å². The van der Waals surface area contributed by atoms with E-state index in [1.54, 1.807) is 11.3 Å². The van der Waals surface area contributed by atoms with E-state index in [-0.39, 0.29) is 5.92 Å². The highest BCUT2D eigenvalue weighted by Gasteiger charge is 2.44. The molecule has 0 amide bonds. The Balaban J connectivity index is 1.89. The number of hydrogen-bond acceptors (Lipinski definition) is 4. The van der Waals surface area contributed by atoms with Crippen LogP contribution in [0.15, 0.2) is 24.3 Å². The van der Waals surface area contributed by atoms with E-state index in [9.17, 15) is 0 Å². The van der Waals surface area contributed by atoms with Crippen molar-refractivity contribution < 1.29 is 4.74 Å². The van der Waals surface area contributed by atoms with Crippen LogP contribution in [0.3, 0.4) is 0 Å². The van der Waals surface area contributed by atoms with E-state index in [0.29, 0.717) is 6.61 Å². The third-order valence-corrected chi connectivity index (χ3v) is 5.86. The third kappa shape index (κ3) is 1.58. The lowest BCUT2D eigenvalue weighted by atomic mass is 9.78. The fourth-order valence-electron chi connectivity index (χ4n) is 3.24. The third-order valence-electron chi connectivity index (χ3n) is 4.55. The number of rotatable bonds is 1. The molecule has 4 heteroatoms. The highest BCUT2D eigenvalue weighted by atomic mass is 32.1. The number of ether oxygens (including phenoxy) is 1. The average molecular weight is 286 g/mol. The molecule has 2 atom stereocenters. The molecule has 0 saturated carbocycles. The maximum atomic E-state index is 6.86. The van der Waals surface area contributed by atoms with Crippen LogP contribution in [0.2, 0.25) is 0 Å². The molecule has 4 rings (SSSR count). The Morgan fingerprint density at radius 2 is 2.20 bits per heavy atom. The van der Waals surface area contributed by atoms with Gasteiger partial charge in [-0.2, -0.15) is 0 Å². The molecule has 2 aromatic rings. The second-order valence-electron chi connectivity index (χ2n) is 5.82. The van der Waals surface area contributed by atoms with Crippen molar-refractivity contribution in [1.82, 2.24) is 4.98 Å². The molecule has 1 aliphatic carbocycles. The van der Waals surface area contributed by atoms with Crippen molar-refractivity contribution in [3.05, 3.63) is 45.4 Å². The molecule has 0 radical (unpaired) electrons. The number of fused-ring (bicyclic) bond motifs is 2. The van der Waals surface area contributed by atoms with Gasteiger partial charge in [-0.3, -0.25) is 0 Å². The molecule has 3 nitrogen and oxygen atoms in total. The van der Waals surface area contributed by atoms with Crippen molar-refractivity contribution in [1.29, 1.82) is 0 Å². The van der Waals surface area contributed by atoms with Crippen LogP contribution in [0.4, 0.5) is 0 Å². The molecular weight excluding hydrogens is 268 g/mol. The summed E-state index contributed by atoms with van der Waals surface area (Å²) in [4.78, 5) is 6.30. The summed E-state index contributed by atoms with van der Waals surface area (Å²) in [6, 6.07) is 8.11. The van der Waals surface area contributed by atoms with Crippen LogP contribution in [0.25, 0.3) is 0 Å². The van der Waals surface area contributed by atoms with Crippen LogP contribution in [-0.4, -0.2) is 11.6 Å². The smallest absolute Gasteiger partial charge is 0.124 e. The summed E-state index contributed by atoms with van der Waals surface area (Å²) in [5, 5.41) is 1.06. The topological polar surface area (TPSA) is 48.1 Å². The van der Waals surface area contributed by atoms with E-state index in [0.717, 1.165) is 29.2 Å². The summed E-state index contributed by atoms with van der Waals surface area (Å²) in [7, 11) is 0. The summed E-state index contributed by atoms with van der Waals surface area (Å²) in [5.41, 5.74) is 8.70. The van der Waals surface area contributed by atoms with E-state index in [1.807, 2.05) is 18.2 Å². The quantitative estimate of drug-likeness (QED) is 0.877. The zero-order valence-corrected chi connectivity index (χ0v) is 12.4. The first kappa shape index (κ1) is 12.4. The molecule has 20 heavy (non-hydrogen) atoms. The molecule has 2 unspecified atom stereocenters. The fraction of sp³-hybridized carbons (Fsp3) is 0.438. The first-order valence-corrected chi connectivity index (χ1v) is 8.01. The number of thiazole rings is 1. The zero-order chi connectivity index (χ0) is 13.7. The summed E-state index contributed by atoms with van der Waals surface area (Å²) in [5.74, 6) is 1.13. The van der Waals surface area contributed by atoms with E-state index in [1.165, 1.54) is 17.0 Å². The van der Waals surface area contributed by atoms with Gasteiger partial charge >= 0.3 is 0 Å². The van der Waals surface area contributed by atoms with Crippen molar-refractivity contribution >= 4 is 11.3 Å². The molecule has 104 valence electrons. The van der Waals surface area contributed by atoms with Gasteiger partial charge in [-0.05, 0) is 25.3 Å². The molecule has 0 saturated heterocycles. The Labute approximate surface area is 122 Å². The van der Waals surface area contributed by atoms with Gasteiger partial charge in [0.25, 0.3) is 0 Å². The molecule has 2 heterocycles. The Morgan fingerprint density at radius 3 is 3.05 bits per heavy atom. The first-order chi connectivity index (χ1) is 9.69. The first-order valence-electron chi connectivity index (χ1n) is 7.20. The van der Waals surface area contributed by atoms with Gasteiger partial charge in [0.2, 0.25) is 0 Å². The second kappa shape index (κ2) is 4.30. The van der Waals surface area contributed by atoms with Gasteiger partial charge < -0.3 is 10.5 Å². The minimum atomic E-state index is -0.510. The van der Waals surface area contributed by atoms with Gasteiger partial charge in [0, 0.05) is 16.4 Å². The monoisotopic (exact) mass is 286 g/mol. The minimum absolute atomic E-state index is 0.226. The average Bonchev–Trinajstić information content (AvgIpc) is 3.04. The lowest BCUT2D eigenvalue weighted by Crippen LogP contribution is -2.49. The highest BCUT2D eigenvalue weighted by molar-refractivity contribution is 7.12. The molecule has 0 fully saturated rings. The Hall–Kier alpha value is -1.39. The number of benzene rings is 1. The summed E-state index contributed by atoms with van der Waals surface area (Å²) >= 11 is 1.80. The van der Waals surface area contributed by atoms with Gasteiger partial charge in [-0.25, -0.2) is 4.98 Å². The van der Waals surface area contributed by atoms with Crippen LogP contribution >= 0.6 is 11.3 Å². The molecular formula is C16H18N2OS. The van der Waals surface area contributed by atoms with E-state index >= 15 is 0 Å². The van der Waals surface area contributed by atoms with Gasteiger partial charge in [0.15, 0.2) is 0 Å². The van der Waals surface area contributed by atoms with Crippen LogP contribution in [0.5, 0.6) is 5.75 Å². The van der Waals surface area contributed by atoms with E-state index < -0.39 is 5.54 Å². The number of para-hydroxylation sites is 1. The van der Waals surface area contributed by atoms with E-state index in [2.05, 4.69) is 13.0 Å². The minimum Gasteiger partial charge on any atom is -0.493 e. The number of hydrogen-bond donors (Lipinski definition) is 1. The number of nitrogens with two attached hydrogens (primary N) is 1. The van der Waals surface area contributed by atoms with Crippen LogP contribution in [0.1, 0.15) is 34.5 Å². The van der Waals surface area contributed by atoms with Gasteiger partial charge in [-0.15, -0.1) is 11.3 Å². The van der Waals surface area contributed by atoms with Crippen LogP contribution in [-0.2, 0) is 18.4 Å². The van der Waals surface area contributed by atoms with Crippen LogP contribution < -0.4 is 10.5 Å². The fourth-order valence-corrected chi connectivity index (χ4v) is 4.62. The van der Waals surface area contributed by atoms with Crippen molar-refractivity contribution in [2.45, 2.75) is 31.7 Å². The molecule has 2 N–H and O–H groups in total. The lowest BCUT2D eigenvalue weighted by molar-refractivity contribution is 0.167. The Kier molecular flexibility index (Phi) is 2.66. The largest absolute Gasteiger partial charge is 0.493 e. The van der Waals surface area contributed by atoms with E-state index in [4.69, 9.17) is 15.5 Å². The number of aryl methyl sites for hydroxylation is 2. The maximum Gasteiger partial charge on any atom is 0.124 e. The van der Waals surface area contributed by atoms with Crippen molar-refractivity contribution in [2.24, 2.45) is 11.7 Å².